The van der Waals surface area contributed by atoms with Gasteiger partial charge in [0.2, 0.25) is 0 Å². The number of carbonyl (C=O) groups excluding carboxylic acids is 2. The maximum absolute atomic E-state index is 12.8. The molecule has 6 nitrogen and oxygen atoms in total. The highest BCUT2D eigenvalue weighted by Crippen LogP contribution is 2.19. The van der Waals surface area contributed by atoms with E-state index in [0.717, 1.165) is 45.7 Å². The first kappa shape index (κ1) is 16.9. The van der Waals surface area contributed by atoms with Crippen molar-refractivity contribution in [2.45, 2.75) is 12.5 Å². The van der Waals surface area contributed by atoms with Crippen LogP contribution < -0.4 is 5.32 Å². The lowest BCUT2D eigenvalue weighted by Crippen LogP contribution is -2.49. The van der Waals surface area contributed by atoms with E-state index in [1.54, 1.807) is 38.4 Å². The molecule has 0 aliphatic carbocycles. The molecule has 1 unspecified atom stereocenters. The number of likely N-dealkylation sites (tertiary alicyclic amines) is 1. The first-order valence-corrected chi connectivity index (χ1v) is 8.62. The highest BCUT2D eigenvalue weighted by molar-refractivity contribution is 5.99. The molecule has 2 amide bonds. The van der Waals surface area contributed by atoms with Gasteiger partial charge in [0.25, 0.3) is 11.8 Å². The van der Waals surface area contributed by atoms with Crippen LogP contribution in [0, 0.1) is 0 Å². The number of hydrogen-bond acceptors (Lipinski definition) is 4. The molecule has 1 atom stereocenters. The molecule has 3 rings (SSSR count). The van der Waals surface area contributed by atoms with Gasteiger partial charge in [0.15, 0.2) is 0 Å². The molecular formula is C18H26N4O2. The number of hydrogen-bond donors (Lipinski definition) is 1. The molecule has 2 fully saturated rings. The Kier molecular flexibility index (Phi) is 5.16. The van der Waals surface area contributed by atoms with Crippen molar-refractivity contribution in [2.75, 3.05) is 53.4 Å². The maximum Gasteiger partial charge on any atom is 0.253 e. The Morgan fingerprint density at radius 2 is 1.83 bits per heavy atom. The van der Waals surface area contributed by atoms with Crippen LogP contribution in [0.2, 0.25) is 0 Å². The van der Waals surface area contributed by atoms with E-state index in [1.807, 2.05) is 4.90 Å². The van der Waals surface area contributed by atoms with Crippen molar-refractivity contribution in [3.05, 3.63) is 35.4 Å². The van der Waals surface area contributed by atoms with Crippen molar-refractivity contribution in [1.29, 1.82) is 0 Å². The zero-order valence-corrected chi connectivity index (χ0v) is 14.5. The average Bonchev–Trinajstić information content (AvgIpc) is 3.11. The Morgan fingerprint density at radius 1 is 1.12 bits per heavy atom. The highest BCUT2D eigenvalue weighted by atomic mass is 16.2. The third-order valence-electron chi connectivity index (χ3n) is 4.88. The van der Waals surface area contributed by atoms with Gasteiger partial charge in [0.1, 0.15) is 0 Å². The van der Waals surface area contributed by atoms with Gasteiger partial charge >= 0.3 is 0 Å². The molecule has 1 N–H and O–H groups in total. The minimum Gasteiger partial charge on any atom is -0.345 e. The van der Waals surface area contributed by atoms with E-state index in [2.05, 4.69) is 10.2 Å². The van der Waals surface area contributed by atoms with Crippen molar-refractivity contribution < 1.29 is 9.59 Å². The van der Waals surface area contributed by atoms with Crippen LogP contribution in [0.5, 0.6) is 0 Å². The fourth-order valence-corrected chi connectivity index (χ4v) is 3.50. The summed E-state index contributed by atoms with van der Waals surface area (Å²) in [6.07, 6.45) is 1.03. The lowest BCUT2D eigenvalue weighted by molar-refractivity contribution is 0.0773. The fourth-order valence-electron chi connectivity index (χ4n) is 3.50. The van der Waals surface area contributed by atoms with Gasteiger partial charge in [0.05, 0.1) is 0 Å². The van der Waals surface area contributed by atoms with Gasteiger partial charge in [-0.15, -0.1) is 0 Å². The standard InChI is InChI=1S/C18H26N4O2/c1-20(2)17(23)14-4-3-5-15(12-14)18(24)22-9-6-16(13-22)21-10-7-19-8-11-21/h3-5,12,16,19H,6-11,13H2,1-2H3. The van der Waals surface area contributed by atoms with E-state index in [9.17, 15) is 9.59 Å². The minimum atomic E-state index is -0.0789. The lowest BCUT2D eigenvalue weighted by Gasteiger charge is -2.32. The summed E-state index contributed by atoms with van der Waals surface area (Å²) in [7, 11) is 3.44. The topological polar surface area (TPSA) is 55.9 Å². The molecule has 2 aliphatic rings. The van der Waals surface area contributed by atoms with Gasteiger partial charge in [-0.25, -0.2) is 0 Å². The quantitative estimate of drug-likeness (QED) is 0.877. The Labute approximate surface area is 143 Å². The van der Waals surface area contributed by atoms with Crippen molar-refractivity contribution in [2.24, 2.45) is 0 Å². The van der Waals surface area contributed by atoms with Crippen LogP contribution >= 0.6 is 0 Å². The van der Waals surface area contributed by atoms with Crippen LogP contribution in [0.3, 0.4) is 0 Å². The summed E-state index contributed by atoms with van der Waals surface area (Å²) in [5.74, 6) is -0.0502. The minimum absolute atomic E-state index is 0.0287. The molecule has 0 saturated carbocycles. The molecule has 0 bridgehead atoms. The summed E-state index contributed by atoms with van der Waals surface area (Å²) in [5.41, 5.74) is 1.16. The second kappa shape index (κ2) is 7.32. The van der Waals surface area contributed by atoms with E-state index in [-0.39, 0.29) is 11.8 Å². The second-order valence-corrected chi connectivity index (χ2v) is 6.76. The van der Waals surface area contributed by atoms with Gasteiger partial charge in [-0.3, -0.25) is 14.5 Å². The Balaban J connectivity index is 1.66. The summed E-state index contributed by atoms with van der Waals surface area (Å²) < 4.78 is 0. The van der Waals surface area contributed by atoms with Crippen LogP contribution in [0.4, 0.5) is 0 Å². The molecular weight excluding hydrogens is 304 g/mol. The van der Waals surface area contributed by atoms with Gasteiger partial charge < -0.3 is 15.1 Å². The molecule has 0 radical (unpaired) electrons. The van der Waals surface area contributed by atoms with Crippen LogP contribution in [0.15, 0.2) is 24.3 Å². The van der Waals surface area contributed by atoms with Gasteiger partial charge in [-0.05, 0) is 24.6 Å². The number of nitrogens with zero attached hydrogens (tertiary/aromatic N) is 3. The SMILES string of the molecule is CN(C)C(=O)c1cccc(C(=O)N2CCC(N3CCNCC3)C2)c1. The van der Waals surface area contributed by atoms with E-state index < -0.39 is 0 Å². The summed E-state index contributed by atoms with van der Waals surface area (Å²) in [5, 5.41) is 3.37. The Morgan fingerprint density at radius 3 is 2.54 bits per heavy atom. The number of amides is 2. The smallest absolute Gasteiger partial charge is 0.253 e. The summed E-state index contributed by atoms with van der Waals surface area (Å²) in [4.78, 5) is 30.8. The second-order valence-electron chi connectivity index (χ2n) is 6.76. The van der Waals surface area contributed by atoms with E-state index in [4.69, 9.17) is 0 Å². The fraction of sp³-hybridized carbons (Fsp3) is 0.556. The molecule has 24 heavy (non-hydrogen) atoms. The molecule has 2 aliphatic heterocycles. The molecule has 2 saturated heterocycles. The molecule has 1 aromatic rings. The van der Waals surface area contributed by atoms with Crippen LogP contribution in [0.25, 0.3) is 0 Å². The first-order valence-electron chi connectivity index (χ1n) is 8.62. The van der Waals surface area contributed by atoms with Crippen molar-refractivity contribution >= 4 is 11.8 Å². The average molecular weight is 330 g/mol. The summed E-state index contributed by atoms with van der Waals surface area (Å²) >= 11 is 0. The maximum atomic E-state index is 12.8. The van der Waals surface area contributed by atoms with Gasteiger partial charge in [-0.2, -0.15) is 0 Å². The molecule has 2 heterocycles. The Bertz CT molecular complexity index is 611. The monoisotopic (exact) mass is 330 g/mol. The molecule has 0 aromatic heterocycles. The van der Waals surface area contributed by atoms with Crippen LogP contribution in [-0.4, -0.2) is 85.9 Å². The zero-order chi connectivity index (χ0) is 17.1. The Hall–Kier alpha value is -1.92. The third kappa shape index (κ3) is 3.60. The normalized spacial score (nSPS) is 21.8. The number of piperazine rings is 1. The van der Waals surface area contributed by atoms with Gasteiger partial charge in [0, 0.05) is 70.5 Å². The largest absolute Gasteiger partial charge is 0.345 e. The number of rotatable bonds is 3. The predicted octanol–water partition coefficient (Wildman–Crippen LogP) is 0.508. The molecule has 0 spiro atoms. The number of carbonyl (C=O) groups is 2. The predicted molar refractivity (Wildman–Crippen MR) is 93.2 cm³/mol. The van der Waals surface area contributed by atoms with Crippen molar-refractivity contribution in [3.63, 3.8) is 0 Å². The molecule has 6 heteroatoms. The van der Waals surface area contributed by atoms with Crippen molar-refractivity contribution in [3.8, 4) is 0 Å². The van der Waals surface area contributed by atoms with E-state index in [1.165, 1.54) is 4.90 Å². The lowest BCUT2D eigenvalue weighted by atomic mass is 10.1. The van der Waals surface area contributed by atoms with Gasteiger partial charge in [-0.1, -0.05) is 6.07 Å². The first-order chi connectivity index (χ1) is 11.6. The van der Waals surface area contributed by atoms with E-state index >= 15 is 0 Å². The van der Waals surface area contributed by atoms with Crippen molar-refractivity contribution in [1.82, 2.24) is 20.0 Å². The number of nitrogens with one attached hydrogen (secondary N) is 1. The summed E-state index contributed by atoms with van der Waals surface area (Å²) in [6, 6.07) is 7.51. The molecule has 130 valence electrons. The highest BCUT2D eigenvalue weighted by Gasteiger charge is 2.31. The van der Waals surface area contributed by atoms with Crippen LogP contribution in [0.1, 0.15) is 27.1 Å². The van der Waals surface area contributed by atoms with E-state index in [0.29, 0.717) is 17.2 Å². The van der Waals surface area contributed by atoms with Crippen LogP contribution in [-0.2, 0) is 0 Å². The number of benzene rings is 1. The molecule has 1 aromatic carbocycles. The zero-order valence-electron chi connectivity index (χ0n) is 14.5. The third-order valence-corrected chi connectivity index (χ3v) is 4.88. The summed E-state index contributed by atoms with van der Waals surface area (Å²) in [6.45, 7) is 5.74.